The van der Waals surface area contributed by atoms with E-state index in [0.29, 0.717) is 19.5 Å². The largest absolute Gasteiger partial charge is 0.392 e. The topological polar surface area (TPSA) is 20.3 Å². The zero-order valence-corrected chi connectivity index (χ0v) is 7.84. The second kappa shape index (κ2) is 2.87. The molecular weight excluding hydrogens is 195 g/mol. The summed E-state index contributed by atoms with van der Waals surface area (Å²) >= 11 is 0. The van der Waals surface area contributed by atoms with E-state index in [-0.39, 0.29) is 17.7 Å². The molecule has 3 atom stereocenters. The summed E-state index contributed by atoms with van der Waals surface area (Å²) in [6.07, 6.45) is -3.56. The van der Waals surface area contributed by atoms with Crippen molar-refractivity contribution in [2.45, 2.75) is 19.5 Å². The van der Waals surface area contributed by atoms with Gasteiger partial charge in [-0.3, -0.25) is 4.79 Å². The predicted octanol–water partition coefficient (Wildman–Crippen LogP) is 1.66. The monoisotopic (exact) mass is 207 g/mol. The van der Waals surface area contributed by atoms with Crippen molar-refractivity contribution in [3.63, 3.8) is 0 Å². The molecule has 1 heterocycles. The zero-order valence-electron chi connectivity index (χ0n) is 7.84. The van der Waals surface area contributed by atoms with E-state index < -0.39 is 12.1 Å². The molecule has 14 heavy (non-hydrogen) atoms. The third kappa shape index (κ3) is 1.48. The van der Waals surface area contributed by atoms with E-state index >= 15 is 0 Å². The van der Waals surface area contributed by atoms with Crippen LogP contribution in [-0.4, -0.2) is 30.1 Å². The number of rotatable bonds is 0. The minimum absolute atomic E-state index is 0.115. The normalized spacial score (nSPS) is 36.6. The van der Waals surface area contributed by atoms with Crippen LogP contribution in [0.4, 0.5) is 13.2 Å². The van der Waals surface area contributed by atoms with Crippen LogP contribution in [0.25, 0.3) is 0 Å². The number of hydrogen-bond donors (Lipinski definition) is 0. The van der Waals surface area contributed by atoms with Gasteiger partial charge in [-0.15, -0.1) is 0 Å². The molecule has 2 rings (SSSR count). The number of alkyl halides is 3. The van der Waals surface area contributed by atoms with Gasteiger partial charge in [-0.25, -0.2) is 0 Å². The lowest BCUT2D eigenvalue weighted by Crippen LogP contribution is -2.35. The first-order valence-corrected chi connectivity index (χ1v) is 4.73. The quantitative estimate of drug-likeness (QED) is 0.591. The van der Waals surface area contributed by atoms with Crippen molar-refractivity contribution >= 4 is 5.91 Å². The van der Waals surface area contributed by atoms with E-state index in [2.05, 4.69) is 0 Å². The van der Waals surface area contributed by atoms with Crippen molar-refractivity contribution in [1.29, 1.82) is 0 Å². The van der Waals surface area contributed by atoms with Gasteiger partial charge >= 0.3 is 6.18 Å². The number of carbonyl (C=O) groups excluding carboxylic acids is 1. The van der Waals surface area contributed by atoms with Crippen LogP contribution in [-0.2, 0) is 4.79 Å². The summed E-state index contributed by atoms with van der Waals surface area (Å²) < 4.78 is 37.1. The minimum Gasteiger partial charge on any atom is -0.343 e. The lowest BCUT2D eigenvalue weighted by molar-refractivity contribution is -0.154. The second-order valence-electron chi connectivity index (χ2n) is 4.15. The third-order valence-electron chi connectivity index (χ3n) is 3.32. The molecule has 3 unspecified atom stereocenters. The smallest absolute Gasteiger partial charge is 0.343 e. The maximum Gasteiger partial charge on any atom is 0.392 e. The van der Waals surface area contributed by atoms with E-state index in [1.165, 1.54) is 11.8 Å². The predicted molar refractivity (Wildman–Crippen MR) is 43.4 cm³/mol. The van der Waals surface area contributed by atoms with Crippen LogP contribution in [0, 0.1) is 17.8 Å². The molecule has 1 saturated heterocycles. The summed E-state index contributed by atoms with van der Waals surface area (Å²) in [6.45, 7) is 2.19. The van der Waals surface area contributed by atoms with E-state index in [1.54, 1.807) is 0 Å². The first-order chi connectivity index (χ1) is 6.41. The molecule has 1 aliphatic carbocycles. The van der Waals surface area contributed by atoms with Gasteiger partial charge in [0.25, 0.3) is 0 Å². The van der Waals surface area contributed by atoms with E-state index in [9.17, 15) is 18.0 Å². The van der Waals surface area contributed by atoms with Gasteiger partial charge < -0.3 is 4.90 Å². The average Bonchev–Trinajstić information content (AvgIpc) is 2.74. The molecule has 2 aliphatic rings. The minimum atomic E-state index is -4.07. The van der Waals surface area contributed by atoms with Crippen molar-refractivity contribution in [2.75, 3.05) is 13.1 Å². The number of amides is 1. The molecule has 0 radical (unpaired) electrons. The number of carbonyl (C=O) groups is 1. The Morgan fingerprint density at radius 2 is 2.00 bits per heavy atom. The third-order valence-corrected chi connectivity index (χ3v) is 3.32. The average molecular weight is 207 g/mol. The second-order valence-corrected chi connectivity index (χ2v) is 4.15. The number of piperidine rings is 1. The summed E-state index contributed by atoms with van der Waals surface area (Å²) in [6, 6.07) is 0. The summed E-state index contributed by atoms with van der Waals surface area (Å²) in [7, 11) is 0. The molecule has 5 heteroatoms. The Morgan fingerprint density at radius 3 is 2.50 bits per heavy atom. The number of nitrogens with zero attached hydrogens (tertiary/aromatic N) is 1. The Bertz CT molecular complexity index is 263. The van der Waals surface area contributed by atoms with Crippen molar-refractivity contribution < 1.29 is 18.0 Å². The summed E-state index contributed by atoms with van der Waals surface area (Å²) in [5, 5.41) is 0. The van der Waals surface area contributed by atoms with E-state index in [0.717, 1.165) is 0 Å². The molecule has 0 aromatic carbocycles. The number of likely N-dealkylation sites (tertiary alicyclic amines) is 1. The van der Waals surface area contributed by atoms with Crippen LogP contribution in [0.15, 0.2) is 0 Å². The molecular formula is C9H12F3NO. The highest BCUT2D eigenvalue weighted by atomic mass is 19.4. The standard InChI is InChI=1S/C9H12F3NO/c1-5(14)13-3-2-6-7(4-13)8(6)9(10,11)12/h6-8H,2-4H2,1H3. The lowest BCUT2D eigenvalue weighted by atomic mass is 10.1. The Hall–Kier alpha value is -0.740. The molecule has 0 bridgehead atoms. The van der Waals surface area contributed by atoms with Gasteiger partial charge in [0.05, 0.1) is 5.92 Å². The van der Waals surface area contributed by atoms with Crippen molar-refractivity contribution in [3.8, 4) is 0 Å². The van der Waals surface area contributed by atoms with Crippen molar-refractivity contribution in [2.24, 2.45) is 17.8 Å². The Balaban J connectivity index is 1.98. The van der Waals surface area contributed by atoms with Gasteiger partial charge in [-0.05, 0) is 18.3 Å². The summed E-state index contributed by atoms with van der Waals surface area (Å²) in [5.41, 5.74) is 0. The van der Waals surface area contributed by atoms with E-state index in [1.807, 2.05) is 0 Å². The maximum absolute atomic E-state index is 12.4. The zero-order chi connectivity index (χ0) is 10.5. The molecule has 80 valence electrons. The molecule has 1 amide bonds. The van der Waals surface area contributed by atoms with Crippen LogP contribution in [0.2, 0.25) is 0 Å². The van der Waals surface area contributed by atoms with Crippen molar-refractivity contribution in [3.05, 3.63) is 0 Å². The van der Waals surface area contributed by atoms with Crippen LogP contribution in [0.3, 0.4) is 0 Å². The molecule has 1 aliphatic heterocycles. The Kier molecular flexibility index (Phi) is 2.01. The van der Waals surface area contributed by atoms with Crippen LogP contribution < -0.4 is 0 Å². The van der Waals surface area contributed by atoms with Crippen LogP contribution >= 0.6 is 0 Å². The van der Waals surface area contributed by atoms with Crippen LogP contribution in [0.1, 0.15) is 13.3 Å². The maximum atomic E-state index is 12.4. The molecule has 0 N–H and O–H groups in total. The fraction of sp³-hybridized carbons (Fsp3) is 0.889. The number of fused-ring (bicyclic) bond motifs is 1. The first-order valence-electron chi connectivity index (χ1n) is 4.73. The highest BCUT2D eigenvalue weighted by molar-refractivity contribution is 5.73. The SMILES string of the molecule is CC(=O)N1CCC2C(C1)C2C(F)(F)F. The highest BCUT2D eigenvalue weighted by Gasteiger charge is 2.65. The van der Waals surface area contributed by atoms with Gasteiger partial charge in [0.2, 0.25) is 5.91 Å². The van der Waals surface area contributed by atoms with E-state index in [4.69, 9.17) is 0 Å². The fourth-order valence-corrected chi connectivity index (χ4v) is 2.51. The molecule has 0 spiro atoms. The molecule has 0 aromatic rings. The molecule has 2 nitrogen and oxygen atoms in total. The first kappa shape index (κ1) is 9.80. The highest BCUT2D eigenvalue weighted by Crippen LogP contribution is 2.59. The van der Waals surface area contributed by atoms with Gasteiger partial charge in [0.15, 0.2) is 0 Å². The molecule has 0 aromatic heterocycles. The lowest BCUT2D eigenvalue weighted by Gasteiger charge is -2.24. The molecule has 1 saturated carbocycles. The Morgan fingerprint density at radius 1 is 1.36 bits per heavy atom. The van der Waals surface area contributed by atoms with Gasteiger partial charge in [-0.1, -0.05) is 0 Å². The summed E-state index contributed by atoms with van der Waals surface area (Å²) in [4.78, 5) is 12.5. The van der Waals surface area contributed by atoms with Crippen molar-refractivity contribution in [1.82, 2.24) is 4.90 Å². The van der Waals surface area contributed by atoms with Gasteiger partial charge in [0, 0.05) is 20.0 Å². The van der Waals surface area contributed by atoms with Gasteiger partial charge in [-0.2, -0.15) is 13.2 Å². The number of hydrogen-bond acceptors (Lipinski definition) is 1. The Labute approximate surface area is 80.1 Å². The van der Waals surface area contributed by atoms with Crippen LogP contribution in [0.5, 0.6) is 0 Å². The summed E-state index contributed by atoms with van der Waals surface area (Å²) in [5.74, 6) is -1.80. The molecule has 2 fully saturated rings. The number of halogens is 3. The van der Waals surface area contributed by atoms with Gasteiger partial charge in [0.1, 0.15) is 0 Å². The fourth-order valence-electron chi connectivity index (χ4n) is 2.51.